The van der Waals surface area contributed by atoms with Crippen LogP contribution in [0.1, 0.15) is 348 Å². The number of carbonyl (C=O) groups is 4. The molecule has 0 heterocycles. The second kappa shape index (κ2) is 41.2. The van der Waals surface area contributed by atoms with Crippen LogP contribution in [0.25, 0.3) is 0 Å². The van der Waals surface area contributed by atoms with Crippen LogP contribution in [-0.4, -0.2) is 178 Å². The summed E-state index contributed by atoms with van der Waals surface area (Å²) >= 11 is 0. The normalized spacial score (nSPS) is 48.4. The van der Waals surface area contributed by atoms with Gasteiger partial charge in [0.2, 0.25) is 23.6 Å². The van der Waals surface area contributed by atoms with Gasteiger partial charge in [-0.1, -0.05) is 103 Å². The maximum atomic E-state index is 12.3. The van der Waals surface area contributed by atoms with Crippen molar-refractivity contribution in [3.63, 3.8) is 0 Å². The molecule has 126 heavy (non-hydrogen) atoms. The highest BCUT2D eigenvalue weighted by atomic mass is 16.3. The quantitative estimate of drug-likeness (QED) is 0.0400. The molecule has 42 atom stereocenters. The Morgan fingerprint density at radius 3 is 1.02 bits per heavy atom. The van der Waals surface area contributed by atoms with Gasteiger partial charge in [0.15, 0.2) is 0 Å². The first-order chi connectivity index (χ1) is 59.7. The standard InChI is InChI=1S/C28H50N2O3.C27H48N2O4.C26H45NO4.C26H45NO2/c1-5-29-14-15-30-26(33)11-6-18(2)22-9-10-23-21-8-7-19-16-20(31)12-13-27(19,3)24(21)17-25(32)28(22,23)4;1-16(5-8-24(33)29-12-11-28-4)19-6-7-20-25-21(15-23(32)27(19,20)3)26(2)10-9-18(30)13-17(26)14-22(25)31;1-5-27-23(31)9-6-15(2)18-7-8-19-24-20(14-22(30)26(18,19)4)25(3)11-10-17(28)12-16(25)13-21(24)29;1-16-12-13-25(3)18(14-16)7-8-19-21-10-9-20(17(2)6-11-24(29)27-5)26(21,4)23(28)15-22(19)25/h18-25,29,31-32H,5-17H2,1-4H3,(H,30,33);16-23,25,28,30-32H,5-15H2,1-4H3,(H,29,33);15-22,24,28-30H,5-14H2,1-4H3,(H,27,31);16-23,28H,6-15H2,1-5H3,(H,27,29)/t18-,19?,20-,21?,22-,23?,24?,25+,27+,28-;16-,17?,18-,19-,20?,21?,22-,23+,25?,26+,27-;15-,16?,17-,18-,19?,20?,21-,22+,24?,25+,26-;16-,17-,18?,19?,20-,21?,22?,23+,25+,26-/m1111/s1. The molecule has 16 aliphatic carbocycles. The number of amides is 4. The molecule has 0 spiro atoms. The molecule has 19 nitrogen and oxygen atoms in total. The highest BCUT2D eigenvalue weighted by molar-refractivity contribution is 5.77. The Kier molecular flexibility index (Phi) is 33.0. The van der Waals surface area contributed by atoms with E-state index in [0.717, 1.165) is 197 Å². The minimum atomic E-state index is -0.363. The predicted octanol–water partition coefficient (Wildman–Crippen LogP) is 15.7. The van der Waals surface area contributed by atoms with Crippen molar-refractivity contribution in [2.75, 3.05) is 53.4 Å². The third-order valence-corrected chi connectivity index (χ3v) is 43.9. The third-order valence-electron chi connectivity index (χ3n) is 43.9. The van der Waals surface area contributed by atoms with Gasteiger partial charge >= 0.3 is 0 Å². The van der Waals surface area contributed by atoms with Crippen molar-refractivity contribution in [1.82, 2.24) is 31.9 Å². The lowest BCUT2D eigenvalue weighted by Crippen LogP contribution is -2.62. The van der Waals surface area contributed by atoms with Gasteiger partial charge in [-0.05, 0) is 424 Å². The minimum absolute atomic E-state index is 0.0144. The molecule has 0 saturated heterocycles. The zero-order chi connectivity index (χ0) is 91.3. The van der Waals surface area contributed by atoms with Crippen molar-refractivity contribution in [3.05, 3.63) is 0 Å². The van der Waals surface area contributed by atoms with Crippen LogP contribution in [0, 0.1) is 191 Å². The SMILES string of the molecule is CCNC(=O)CC[C@@H](C)[C@H]1CCC2C3C(C[C@H](O)[C@@]21C)[C@@]1(C)CC[C@@H](O)CC1C[C@H]3O.CCNCCNC(=O)CC[C@@H](C)[C@H]1CCC2C3CCC4C[C@H](O)CC[C@]4(C)C3C[C@H](O)[C@@]21C.CNC(=O)CC[C@@H](C)[C@H]1CCC2C3CCC4C[C@H](C)CC[C@]4(C)C3C[C@H](O)[C@@]21C.CNCCNC(=O)CC[C@@H](C)[C@H]1CCC2C3C(C[C@H](O)[C@@]21C)[C@@]1(C)CC[C@@H](O)CC1C[C@H]3O. The highest BCUT2D eigenvalue weighted by Gasteiger charge is 2.71. The molecule has 15 N–H and O–H groups in total. The zero-order valence-electron chi connectivity index (χ0n) is 82.4. The first kappa shape index (κ1) is 101. The van der Waals surface area contributed by atoms with Gasteiger partial charge < -0.3 is 77.9 Å². The summed E-state index contributed by atoms with van der Waals surface area (Å²) in [4.78, 5) is 48.4. The molecule has 16 unspecified atom stereocenters. The molecule has 16 fully saturated rings. The molecule has 0 aliphatic heterocycles. The van der Waals surface area contributed by atoms with Gasteiger partial charge in [0.1, 0.15) is 0 Å². The Morgan fingerprint density at radius 2 is 0.651 bits per heavy atom. The van der Waals surface area contributed by atoms with Gasteiger partial charge in [-0.15, -0.1) is 0 Å². The van der Waals surface area contributed by atoms with Crippen LogP contribution in [0.15, 0.2) is 0 Å². The first-order valence-electron chi connectivity index (χ1n) is 53.2. The third kappa shape index (κ3) is 19.1. The number of hydrogen-bond acceptors (Lipinski definition) is 15. The van der Waals surface area contributed by atoms with E-state index in [1.807, 2.05) is 14.0 Å². The number of fused-ring (bicyclic) bond motifs is 20. The van der Waals surface area contributed by atoms with Crippen LogP contribution < -0.4 is 31.9 Å². The van der Waals surface area contributed by atoms with Crippen LogP contribution >= 0.6 is 0 Å². The molecular formula is C107H188N6O13. The maximum Gasteiger partial charge on any atom is 0.220 e. The Morgan fingerprint density at radius 1 is 0.325 bits per heavy atom. The lowest BCUT2D eigenvalue weighted by Gasteiger charge is -2.63. The Balaban J connectivity index is 0.000000144. The van der Waals surface area contributed by atoms with Crippen molar-refractivity contribution < 1.29 is 65.1 Å². The molecule has 19 heteroatoms. The second-order valence-electron chi connectivity index (χ2n) is 49.1. The summed E-state index contributed by atoms with van der Waals surface area (Å²) in [6, 6.07) is 0. The first-order valence-corrected chi connectivity index (χ1v) is 53.2. The van der Waals surface area contributed by atoms with Crippen molar-refractivity contribution >= 4 is 23.6 Å². The van der Waals surface area contributed by atoms with Crippen molar-refractivity contribution in [2.45, 2.75) is 403 Å². The van der Waals surface area contributed by atoms with Gasteiger partial charge in [0.25, 0.3) is 0 Å². The van der Waals surface area contributed by atoms with E-state index in [-0.39, 0.29) is 123 Å². The molecule has 724 valence electrons. The Bertz CT molecular complexity index is 3580. The van der Waals surface area contributed by atoms with Gasteiger partial charge in [-0.3, -0.25) is 19.2 Å². The van der Waals surface area contributed by atoms with Crippen LogP contribution in [-0.2, 0) is 19.2 Å². The monoisotopic (exact) mass is 1770 g/mol. The van der Waals surface area contributed by atoms with Gasteiger partial charge in [-0.25, -0.2) is 0 Å². The Hall–Kier alpha value is -2.56. The summed E-state index contributed by atoms with van der Waals surface area (Å²) in [5.74, 6) is 13.2. The van der Waals surface area contributed by atoms with E-state index in [9.17, 15) is 65.1 Å². The minimum Gasteiger partial charge on any atom is -0.393 e. The fourth-order valence-electron chi connectivity index (χ4n) is 36.4. The van der Waals surface area contributed by atoms with E-state index in [4.69, 9.17) is 0 Å². The summed E-state index contributed by atoms with van der Waals surface area (Å²) in [6.45, 7) is 39.4. The van der Waals surface area contributed by atoms with E-state index in [1.165, 1.54) is 70.6 Å². The number of carbonyl (C=O) groups excluding carboxylic acids is 4. The number of aliphatic hydroxyl groups excluding tert-OH is 9. The summed E-state index contributed by atoms with van der Waals surface area (Å²) in [6.07, 6.45) is 35.7. The number of hydrogen-bond donors (Lipinski definition) is 15. The molecular weight excluding hydrogens is 1580 g/mol. The van der Waals surface area contributed by atoms with E-state index in [2.05, 4.69) is 129 Å². The molecule has 0 aromatic heterocycles. The molecule has 16 aliphatic rings. The van der Waals surface area contributed by atoms with Gasteiger partial charge in [0, 0.05) is 65.5 Å². The topological polar surface area (TPSA) is 323 Å². The molecule has 16 saturated carbocycles. The number of nitrogens with one attached hydrogen (secondary N) is 6. The molecule has 16 rings (SSSR count). The van der Waals surface area contributed by atoms with Crippen LogP contribution in [0.5, 0.6) is 0 Å². The van der Waals surface area contributed by atoms with Crippen LogP contribution in [0.2, 0.25) is 0 Å². The number of rotatable bonds is 24. The Labute approximate surface area is 763 Å². The van der Waals surface area contributed by atoms with Crippen molar-refractivity contribution in [3.8, 4) is 0 Å². The molecule has 0 aromatic carbocycles. The van der Waals surface area contributed by atoms with E-state index in [1.54, 1.807) is 7.05 Å². The van der Waals surface area contributed by atoms with Crippen molar-refractivity contribution in [2.24, 2.45) is 191 Å². The van der Waals surface area contributed by atoms with Gasteiger partial charge in [-0.2, -0.15) is 0 Å². The van der Waals surface area contributed by atoms with Crippen molar-refractivity contribution in [1.29, 1.82) is 0 Å². The second-order valence-corrected chi connectivity index (χ2v) is 49.1. The molecule has 0 radical (unpaired) electrons. The van der Waals surface area contributed by atoms with Gasteiger partial charge in [0.05, 0.1) is 54.9 Å². The lowest BCUT2D eigenvalue weighted by atomic mass is 9.43. The summed E-state index contributed by atoms with van der Waals surface area (Å²) in [7, 11) is 3.61. The molecule has 0 aromatic rings. The van der Waals surface area contributed by atoms with E-state index < -0.39 is 0 Å². The molecule has 0 bridgehead atoms. The maximum absolute atomic E-state index is 12.3. The molecule has 4 amide bonds. The summed E-state index contributed by atoms with van der Waals surface area (Å²) in [5, 5.41) is 118. The predicted molar refractivity (Wildman–Crippen MR) is 501 cm³/mol. The number of likely N-dealkylation sites (N-methyl/N-ethyl adjacent to an activating group) is 2. The fourth-order valence-corrected chi connectivity index (χ4v) is 36.4. The average molecular weight is 1770 g/mol. The van der Waals surface area contributed by atoms with Crippen LogP contribution in [0.4, 0.5) is 0 Å². The number of aliphatic hydroxyl groups is 9. The largest absolute Gasteiger partial charge is 0.393 e. The average Bonchev–Trinajstić information content (AvgIpc) is 1.74. The summed E-state index contributed by atoms with van der Waals surface area (Å²) < 4.78 is 0. The lowest BCUT2D eigenvalue weighted by molar-refractivity contribution is -0.207. The van der Waals surface area contributed by atoms with E-state index >= 15 is 0 Å². The van der Waals surface area contributed by atoms with E-state index in [0.29, 0.717) is 163 Å². The highest BCUT2D eigenvalue weighted by Crippen LogP contribution is 2.74. The van der Waals surface area contributed by atoms with Crippen LogP contribution in [0.3, 0.4) is 0 Å². The smallest absolute Gasteiger partial charge is 0.220 e. The fraction of sp³-hybridized carbons (Fsp3) is 0.963. The zero-order valence-corrected chi connectivity index (χ0v) is 82.4. The summed E-state index contributed by atoms with van der Waals surface area (Å²) in [5.41, 5.74) is 0.642.